The number of unbranched alkanes of at least 4 members (excludes halogenated alkanes) is 10. The molecule has 164 valence electrons. The maximum absolute atomic E-state index is 11.9. The molecule has 0 aliphatic heterocycles. The molecule has 0 radical (unpaired) electrons. The Morgan fingerprint density at radius 3 is 2.07 bits per heavy atom. The van der Waals surface area contributed by atoms with E-state index in [4.69, 9.17) is 9.47 Å². The van der Waals surface area contributed by atoms with Crippen LogP contribution in [0.1, 0.15) is 96.0 Å². The molecule has 0 unspecified atom stereocenters. The molecule has 0 saturated carbocycles. The first-order valence-corrected chi connectivity index (χ1v) is 11.6. The summed E-state index contributed by atoms with van der Waals surface area (Å²) in [6.45, 7) is 2.26. The van der Waals surface area contributed by atoms with Crippen molar-refractivity contribution < 1.29 is 14.3 Å². The molecule has 0 N–H and O–H groups in total. The maximum atomic E-state index is 11.9. The van der Waals surface area contributed by atoms with Crippen molar-refractivity contribution in [2.24, 2.45) is 0 Å². The van der Waals surface area contributed by atoms with E-state index in [9.17, 15) is 4.79 Å². The molecule has 0 atom stereocenters. The van der Waals surface area contributed by atoms with Crippen LogP contribution in [0.2, 0.25) is 0 Å². The lowest BCUT2D eigenvalue weighted by Gasteiger charge is -2.09. The molecule has 0 amide bonds. The molecule has 1 aromatic carbocycles. The largest absolute Gasteiger partial charge is 0.493 e. The number of carbonyl (C=O) groups is 1. The summed E-state index contributed by atoms with van der Waals surface area (Å²) in [5.74, 6) is 1.80. The van der Waals surface area contributed by atoms with Gasteiger partial charge in [-0.15, -0.1) is 0 Å². The third kappa shape index (κ3) is 12.4. The summed E-state index contributed by atoms with van der Waals surface area (Å²) in [6, 6.07) is 6.04. The number of hydrogen-bond donors (Lipinski definition) is 0. The van der Waals surface area contributed by atoms with E-state index in [1.807, 2.05) is 18.2 Å². The zero-order valence-electron chi connectivity index (χ0n) is 19.0. The molecular formula is C26H42O3. The summed E-state index contributed by atoms with van der Waals surface area (Å²) in [7, 11) is 3.31. The van der Waals surface area contributed by atoms with Crippen molar-refractivity contribution in [1.29, 1.82) is 0 Å². The van der Waals surface area contributed by atoms with E-state index >= 15 is 0 Å². The zero-order valence-corrected chi connectivity index (χ0v) is 19.0. The van der Waals surface area contributed by atoms with Gasteiger partial charge in [0.2, 0.25) is 0 Å². The summed E-state index contributed by atoms with van der Waals surface area (Å²) in [4.78, 5) is 11.9. The highest BCUT2D eigenvalue weighted by Gasteiger charge is 2.04. The average molecular weight is 403 g/mol. The van der Waals surface area contributed by atoms with Gasteiger partial charge in [-0.1, -0.05) is 76.9 Å². The smallest absolute Gasteiger partial charge is 0.160 e. The minimum Gasteiger partial charge on any atom is -0.493 e. The summed E-state index contributed by atoms with van der Waals surface area (Å²) in [6.07, 6.45) is 20.5. The van der Waals surface area contributed by atoms with Gasteiger partial charge in [0, 0.05) is 6.42 Å². The van der Waals surface area contributed by atoms with Gasteiger partial charge in [0.25, 0.3) is 0 Å². The monoisotopic (exact) mass is 402 g/mol. The Bertz CT molecular complexity index is 577. The lowest BCUT2D eigenvalue weighted by Crippen LogP contribution is -1.94. The van der Waals surface area contributed by atoms with E-state index in [1.54, 1.807) is 20.3 Å². The van der Waals surface area contributed by atoms with Crippen molar-refractivity contribution in [3.63, 3.8) is 0 Å². The molecule has 0 heterocycles. The molecule has 3 nitrogen and oxygen atoms in total. The van der Waals surface area contributed by atoms with E-state index in [0.29, 0.717) is 6.42 Å². The van der Waals surface area contributed by atoms with Crippen LogP contribution in [0.5, 0.6) is 11.5 Å². The van der Waals surface area contributed by atoms with E-state index in [-0.39, 0.29) is 5.78 Å². The lowest BCUT2D eigenvalue weighted by atomic mass is 10.0. The number of ether oxygens (including phenoxy) is 2. The van der Waals surface area contributed by atoms with Crippen LogP contribution in [0.4, 0.5) is 0 Å². The number of aryl methyl sites for hydroxylation is 1. The number of carbonyl (C=O) groups excluding carboxylic acids is 1. The van der Waals surface area contributed by atoms with Gasteiger partial charge in [-0.3, -0.25) is 4.79 Å². The highest BCUT2D eigenvalue weighted by Crippen LogP contribution is 2.28. The third-order valence-electron chi connectivity index (χ3n) is 5.36. The van der Waals surface area contributed by atoms with Crippen molar-refractivity contribution in [3.8, 4) is 11.5 Å². The van der Waals surface area contributed by atoms with Crippen LogP contribution in [0, 0.1) is 0 Å². The van der Waals surface area contributed by atoms with Crippen LogP contribution in [0.25, 0.3) is 0 Å². The van der Waals surface area contributed by atoms with Crippen molar-refractivity contribution in [2.45, 2.75) is 96.8 Å². The number of benzene rings is 1. The van der Waals surface area contributed by atoms with Gasteiger partial charge in [0.15, 0.2) is 17.3 Å². The molecule has 0 aliphatic rings. The van der Waals surface area contributed by atoms with Crippen molar-refractivity contribution in [3.05, 3.63) is 35.9 Å². The number of ketones is 1. The third-order valence-corrected chi connectivity index (χ3v) is 5.36. The van der Waals surface area contributed by atoms with E-state index in [2.05, 4.69) is 13.0 Å². The van der Waals surface area contributed by atoms with Crippen molar-refractivity contribution in [2.75, 3.05) is 14.2 Å². The van der Waals surface area contributed by atoms with E-state index in [1.165, 1.54) is 63.4 Å². The van der Waals surface area contributed by atoms with Crippen LogP contribution in [-0.4, -0.2) is 20.0 Å². The number of rotatable bonds is 18. The van der Waals surface area contributed by atoms with Crippen LogP contribution in [0.15, 0.2) is 30.4 Å². The molecule has 0 saturated heterocycles. The molecule has 0 aliphatic carbocycles. The fourth-order valence-electron chi connectivity index (χ4n) is 3.54. The fourth-order valence-corrected chi connectivity index (χ4v) is 3.54. The summed E-state index contributed by atoms with van der Waals surface area (Å²) < 4.78 is 10.6. The average Bonchev–Trinajstić information content (AvgIpc) is 2.74. The first-order chi connectivity index (χ1) is 14.2. The lowest BCUT2D eigenvalue weighted by molar-refractivity contribution is -0.114. The van der Waals surface area contributed by atoms with Gasteiger partial charge in [-0.2, -0.15) is 0 Å². The van der Waals surface area contributed by atoms with Gasteiger partial charge < -0.3 is 9.47 Å². The Balaban J connectivity index is 2.04. The first kappa shape index (κ1) is 25.3. The fraction of sp³-hybridized carbons (Fsp3) is 0.654. The van der Waals surface area contributed by atoms with Gasteiger partial charge in [-0.25, -0.2) is 0 Å². The minimum absolute atomic E-state index is 0.274. The van der Waals surface area contributed by atoms with Gasteiger partial charge in [0.1, 0.15) is 0 Å². The number of methoxy groups -OCH3 is 2. The van der Waals surface area contributed by atoms with Gasteiger partial charge in [0.05, 0.1) is 14.2 Å². The summed E-state index contributed by atoms with van der Waals surface area (Å²) in [5.41, 5.74) is 1.23. The van der Waals surface area contributed by atoms with Crippen LogP contribution < -0.4 is 9.47 Å². The first-order valence-electron chi connectivity index (χ1n) is 11.6. The van der Waals surface area contributed by atoms with Crippen molar-refractivity contribution >= 4 is 5.78 Å². The Hall–Kier alpha value is -1.77. The standard InChI is InChI=1S/C26H42O3/c1-4-5-6-7-8-9-10-11-12-15-18-24(27)19-16-13-14-17-23-20-21-25(28-2)26(22-23)29-3/h16,19-22H,4-15,17-18H2,1-3H3. The van der Waals surface area contributed by atoms with Gasteiger partial charge in [-0.05, 0) is 49.5 Å². The number of allylic oxidation sites excluding steroid dienone is 2. The maximum Gasteiger partial charge on any atom is 0.160 e. The van der Waals surface area contributed by atoms with Crippen LogP contribution >= 0.6 is 0 Å². The van der Waals surface area contributed by atoms with Crippen molar-refractivity contribution in [1.82, 2.24) is 0 Å². The molecule has 3 heteroatoms. The van der Waals surface area contributed by atoms with E-state index < -0.39 is 0 Å². The Labute approximate surface area is 178 Å². The molecule has 29 heavy (non-hydrogen) atoms. The number of hydrogen-bond acceptors (Lipinski definition) is 3. The zero-order chi connectivity index (χ0) is 21.2. The normalized spacial score (nSPS) is 11.1. The van der Waals surface area contributed by atoms with Gasteiger partial charge >= 0.3 is 0 Å². The quantitative estimate of drug-likeness (QED) is 0.189. The second-order valence-electron chi connectivity index (χ2n) is 7.88. The minimum atomic E-state index is 0.274. The molecule has 0 aromatic heterocycles. The predicted molar refractivity (Wildman–Crippen MR) is 123 cm³/mol. The molecule has 0 spiro atoms. The Morgan fingerprint density at radius 2 is 1.45 bits per heavy atom. The molecular weight excluding hydrogens is 360 g/mol. The van der Waals surface area contributed by atoms with E-state index in [0.717, 1.165) is 37.2 Å². The second-order valence-corrected chi connectivity index (χ2v) is 7.88. The predicted octanol–water partition coefficient (Wildman–Crippen LogP) is 7.46. The topological polar surface area (TPSA) is 35.5 Å². The highest BCUT2D eigenvalue weighted by molar-refractivity contribution is 5.89. The molecule has 1 rings (SSSR count). The Kier molecular flexibility index (Phi) is 14.9. The molecule has 0 fully saturated rings. The molecule has 1 aromatic rings. The Morgan fingerprint density at radius 1 is 0.828 bits per heavy atom. The molecule has 0 bridgehead atoms. The highest BCUT2D eigenvalue weighted by atomic mass is 16.5. The van der Waals surface area contributed by atoms with Crippen LogP contribution in [-0.2, 0) is 11.2 Å². The summed E-state index contributed by atoms with van der Waals surface area (Å²) >= 11 is 0. The summed E-state index contributed by atoms with van der Waals surface area (Å²) in [5, 5.41) is 0. The second kappa shape index (κ2) is 17.1. The SMILES string of the molecule is CCCCCCCCCCCCC(=O)C=CCCCc1ccc(OC)c(OC)c1. The van der Waals surface area contributed by atoms with Crippen LogP contribution in [0.3, 0.4) is 0 Å².